The molecule has 1 saturated carbocycles. The van der Waals surface area contributed by atoms with Crippen LogP contribution >= 0.6 is 12.6 Å². The van der Waals surface area contributed by atoms with Crippen molar-refractivity contribution in [2.75, 3.05) is 25.4 Å². The molecule has 0 atom stereocenters. The summed E-state index contributed by atoms with van der Waals surface area (Å²) in [5.41, 5.74) is -0.151. The number of hydrogen-bond acceptors (Lipinski definition) is 3. The molecule has 2 nitrogen and oxygen atoms in total. The van der Waals surface area contributed by atoms with Crippen LogP contribution in [0.5, 0.6) is 0 Å². The molecule has 1 N–H and O–H groups in total. The Morgan fingerprint density at radius 2 is 2.00 bits per heavy atom. The van der Waals surface area contributed by atoms with Crippen molar-refractivity contribution in [1.29, 1.82) is 0 Å². The molecule has 0 aromatic carbocycles. The molecule has 3 heteroatoms. The number of nitrogens with zero attached hydrogens (tertiary/aromatic N) is 1. The predicted molar refractivity (Wildman–Crippen MR) is 68.5 cm³/mol. The second-order valence-corrected chi connectivity index (χ2v) is 5.94. The summed E-state index contributed by atoms with van der Waals surface area (Å²) in [4.78, 5) is 2.36. The molecule has 90 valence electrons. The highest BCUT2D eigenvalue weighted by Gasteiger charge is 2.37. The van der Waals surface area contributed by atoms with Gasteiger partial charge in [-0.2, -0.15) is 12.6 Å². The molecule has 0 spiro atoms. The van der Waals surface area contributed by atoms with Gasteiger partial charge in [-0.05, 0) is 44.4 Å². The first-order valence-corrected chi connectivity index (χ1v) is 6.60. The Kier molecular flexibility index (Phi) is 4.50. The fraction of sp³-hybridized carbons (Fsp3) is 1.00. The highest BCUT2D eigenvalue weighted by Crippen LogP contribution is 2.42. The zero-order valence-corrected chi connectivity index (χ0v) is 11.2. The van der Waals surface area contributed by atoms with Crippen LogP contribution in [-0.2, 0) is 0 Å². The Bertz CT molecular complexity index is 191. The van der Waals surface area contributed by atoms with Crippen LogP contribution in [0.4, 0.5) is 0 Å². The van der Waals surface area contributed by atoms with Crippen LogP contribution in [0, 0.1) is 5.41 Å². The summed E-state index contributed by atoms with van der Waals surface area (Å²) >= 11 is 4.47. The molecule has 15 heavy (non-hydrogen) atoms. The monoisotopic (exact) mass is 231 g/mol. The topological polar surface area (TPSA) is 23.5 Å². The highest BCUT2D eigenvalue weighted by atomic mass is 32.1. The third kappa shape index (κ3) is 3.97. The van der Waals surface area contributed by atoms with Gasteiger partial charge in [0.05, 0.1) is 5.60 Å². The van der Waals surface area contributed by atoms with Gasteiger partial charge >= 0.3 is 0 Å². The van der Waals surface area contributed by atoms with Gasteiger partial charge in [-0.3, -0.25) is 0 Å². The largest absolute Gasteiger partial charge is 0.389 e. The third-order valence-corrected chi connectivity index (χ3v) is 4.04. The Hall–Kier alpha value is 0.270. The molecule has 1 aliphatic rings. The smallest absolute Gasteiger partial charge is 0.0718 e. The van der Waals surface area contributed by atoms with Crippen molar-refractivity contribution in [2.24, 2.45) is 5.41 Å². The van der Waals surface area contributed by atoms with Gasteiger partial charge in [0.25, 0.3) is 0 Å². The van der Waals surface area contributed by atoms with Crippen molar-refractivity contribution in [1.82, 2.24) is 4.90 Å². The maximum Gasteiger partial charge on any atom is 0.0718 e. The number of hydrogen-bond donors (Lipinski definition) is 2. The molecule has 0 saturated heterocycles. The van der Waals surface area contributed by atoms with E-state index in [9.17, 15) is 5.11 Å². The summed E-state index contributed by atoms with van der Waals surface area (Å²) in [5.74, 6) is 0.982. The lowest BCUT2D eigenvalue weighted by atomic mass is 9.70. The summed E-state index contributed by atoms with van der Waals surface area (Å²) < 4.78 is 0. The van der Waals surface area contributed by atoms with Gasteiger partial charge in [0.2, 0.25) is 0 Å². The number of rotatable bonds is 6. The first kappa shape index (κ1) is 13.3. The highest BCUT2D eigenvalue weighted by molar-refractivity contribution is 7.80. The van der Waals surface area contributed by atoms with Crippen molar-refractivity contribution in [3.8, 4) is 0 Å². The molecular weight excluding hydrogens is 206 g/mol. The lowest BCUT2D eigenvalue weighted by Gasteiger charge is -2.45. The van der Waals surface area contributed by atoms with E-state index in [0.29, 0.717) is 5.41 Å². The van der Waals surface area contributed by atoms with Gasteiger partial charge in [0, 0.05) is 13.1 Å². The SMILES string of the molecule is CCN(CC(C)(C)O)CC1(CS)CCC1. The molecule has 0 bridgehead atoms. The van der Waals surface area contributed by atoms with Crippen LogP contribution in [0.25, 0.3) is 0 Å². The van der Waals surface area contributed by atoms with Gasteiger partial charge < -0.3 is 10.0 Å². The Morgan fingerprint density at radius 3 is 2.27 bits per heavy atom. The second-order valence-electron chi connectivity index (χ2n) is 5.63. The Balaban J connectivity index is 2.45. The lowest BCUT2D eigenvalue weighted by molar-refractivity contribution is 0.0107. The lowest BCUT2D eigenvalue weighted by Crippen LogP contribution is -2.47. The van der Waals surface area contributed by atoms with Crippen LogP contribution in [0.1, 0.15) is 40.0 Å². The number of thiol groups is 1. The predicted octanol–water partition coefficient (Wildman–Crippen LogP) is 2.18. The van der Waals surface area contributed by atoms with Gasteiger partial charge in [-0.1, -0.05) is 13.3 Å². The van der Waals surface area contributed by atoms with Crippen LogP contribution in [-0.4, -0.2) is 41.0 Å². The fourth-order valence-corrected chi connectivity index (χ4v) is 2.76. The van der Waals surface area contributed by atoms with E-state index in [1.54, 1.807) is 0 Å². The van der Waals surface area contributed by atoms with E-state index in [1.165, 1.54) is 19.3 Å². The summed E-state index contributed by atoms with van der Waals surface area (Å²) in [6, 6.07) is 0. The van der Waals surface area contributed by atoms with Gasteiger partial charge in [0.15, 0.2) is 0 Å². The molecule has 1 fully saturated rings. The van der Waals surface area contributed by atoms with Gasteiger partial charge in [0.1, 0.15) is 0 Å². The molecule has 0 radical (unpaired) electrons. The number of likely N-dealkylation sites (N-methyl/N-ethyl adjacent to an activating group) is 1. The molecule has 1 aliphatic carbocycles. The van der Waals surface area contributed by atoms with E-state index >= 15 is 0 Å². The Labute approximate surface area is 99.5 Å². The van der Waals surface area contributed by atoms with Crippen molar-refractivity contribution in [3.63, 3.8) is 0 Å². The van der Waals surface area contributed by atoms with E-state index in [1.807, 2.05) is 13.8 Å². The molecule has 1 rings (SSSR count). The van der Waals surface area contributed by atoms with E-state index in [4.69, 9.17) is 0 Å². The number of aliphatic hydroxyl groups is 1. The van der Waals surface area contributed by atoms with E-state index < -0.39 is 5.60 Å². The van der Waals surface area contributed by atoms with Crippen molar-refractivity contribution in [2.45, 2.75) is 45.6 Å². The maximum atomic E-state index is 9.82. The molecule has 0 amide bonds. The van der Waals surface area contributed by atoms with Crippen LogP contribution in [0.2, 0.25) is 0 Å². The van der Waals surface area contributed by atoms with Gasteiger partial charge in [-0.15, -0.1) is 0 Å². The van der Waals surface area contributed by atoms with E-state index in [0.717, 1.165) is 25.4 Å². The third-order valence-electron chi connectivity index (χ3n) is 3.37. The van der Waals surface area contributed by atoms with Crippen molar-refractivity contribution in [3.05, 3.63) is 0 Å². The van der Waals surface area contributed by atoms with Gasteiger partial charge in [-0.25, -0.2) is 0 Å². The normalized spacial score (nSPS) is 20.4. The molecule has 0 aliphatic heterocycles. The summed E-state index contributed by atoms with van der Waals surface area (Å²) in [7, 11) is 0. The van der Waals surface area contributed by atoms with Crippen LogP contribution in [0.3, 0.4) is 0 Å². The molecule has 0 aromatic rings. The first-order chi connectivity index (χ1) is 6.91. The zero-order valence-electron chi connectivity index (χ0n) is 10.3. The van der Waals surface area contributed by atoms with Crippen LogP contribution < -0.4 is 0 Å². The summed E-state index contributed by atoms with van der Waals surface area (Å²) in [6.45, 7) is 8.79. The molecule has 0 unspecified atom stereocenters. The minimum atomic E-state index is -0.586. The van der Waals surface area contributed by atoms with Crippen molar-refractivity contribution < 1.29 is 5.11 Å². The molecular formula is C12H25NOS. The average molecular weight is 231 g/mol. The summed E-state index contributed by atoms with van der Waals surface area (Å²) in [5, 5.41) is 9.82. The summed E-state index contributed by atoms with van der Waals surface area (Å²) in [6.07, 6.45) is 3.96. The minimum Gasteiger partial charge on any atom is -0.389 e. The van der Waals surface area contributed by atoms with Crippen molar-refractivity contribution >= 4 is 12.6 Å². The average Bonchev–Trinajstić information content (AvgIpc) is 2.07. The quantitative estimate of drug-likeness (QED) is 0.685. The molecule has 0 aromatic heterocycles. The van der Waals surface area contributed by atoms with E-state index in [-0.39, 0.29) is 0 Å². The van der Waals surface area contributed by atoms with Crippen LogP contribution in [0.15, 0.2) is 0 Å². The Morgan fingerprint density at radius 1 is 1.40 bits per heavy atom. The fourth-order valence-electron chi connectivity index (χ4n) is 2.34. The van der Waals surface area contributed by atoms with E-state index in [2.05, 4.69) is 24.5 Å². The second kappa shape index (κ2) is 5.07. The first-order valence-electron chi connectivity index (χ1n) is 5.96. The molecule has 0 heterocycles. The maximum absolute atomic E-state index is 9.82. The zero-order chi connectivity index (χ0) is 11.5. The standard InChI is InChI=1S/C12H25NOS/c1-4-13(8-11(2,3)14)9-12(10-15)6-5-7-12/h14-15H,4-10H2,1-3H3. The minimum absolute atomic E-state index is 0.435.